The van der Waals surface area contributed by atoms with Crippen LogP contribution >= 0.6 is 0 Å². The summed E-state index contributed by atoms with van der Waals surface area (Å²) < 4.78 is 0. The fourth-order valence-corrected chi connectivity index (χ4v) is 1.58. The van der Waals surface area contributed by atoms with Crippen LogP contribution in [0.3, 0.4) is 0 Å². The lowest BCUT2D eigenvalue weighted by Gasteiger charge is -2.09. The molecule has 0 aliphatic carbocycles. The average Bonchev–Trinajstić information content (AvgIpc) is 2.70. The second kappa shape index (κ2) is 4.12. The SMILES string of the molecule is CCC(C)c1nc2nc(N(C)C)ccc2[nH]1. The molecule has 86 valence electrons. The van der Waals surface area contributed by atoms with Crippen LogP contribution in [0, 0.1) is 0 Å². The van der Waals surface area contributed by atoms with E-state index in [-0.39, 0.29) is 0 Å². The number of nitrogens with one attached hydrogen (secondary N) is 1. The summed E-state index contributed by atoms with van der Waals surface area (Å²) in [6.45, 7) is 4.33. The van der Waals surface area contributed by atoms with E-state index in [1.165, 1.54) is 0 Å². The smallest absolute Gasteiger partial charge is 0.179 e. The molecule has 0 spiro atoms. The molecule has 0 aliphatic rings. The Hall–Kier alpha value is -1.58. The van der Waals surface area contributed by atoms with Gasteiger partial charge in [0.15, 0.2) is 5.65 Å². The topological polar surface area (TPSA) is 44.8 Å². The predicted octanol–water partition coefficient (Wildman–Crippen LogP) is 2.54. The van der Waals surface area contributed by atoms with E-state index in [1.54, 1.807) is 0 Å². The van der Waals surface area contributed by atoms with E-state index >= 15 is 0 Å². The van der Waals surface area contributed by atoms with Gasteiger partial charge >= 0.3 is 0 Å². The predicted molar refractivity (Wildman–Crippen MR) is 66.9 cm³/mol. The van der Waals surface area contributed by atoms with Crippen molar-refractivity contribution in [1.82, 2.24) is 15.0 Å². The Kier molecular flexibility index (Phi) is 2.81. The van der Waals surface area contributed by atoms with Crippen LogP contribution in [0.1, 0.15) is 32.0 Å². The molecule has 0 aromatic carbocycles. The van der Waals surface area contributed by atoms with Crippen molar-refractivity contribution < 1.29 is 0 Å². The fraction of sp³-hybridized carbons (Fsp3) is 0.500. The van der Waals surface area contributed by atoms with Crippen molar-refractivity contribution in [1.29, 1.82) is 0 Å². The van der Waals surface area contributed by atoms with Crippen molar-refractivity contribution in [3.05, 3.63) is 18.0 Å². The molecular weight excluding hydrogens is 200 g/mol. The molecule has 1 atom stereocenters. The minimum Gasteiger partial charge on any atom is -0.363 e. The maximum Gasteiger partial charge on any atom is 0.179 e. The molecule has 0 fully saturated rings. The van der Waals surface area contributed by atoms with Gasteiger partial charge in [-0.05, 0) is 18.6 Å². The first-order valence-electron chi connectivity index (χ1n) is 5.65. The van der Waals surface area contributed by atoms with Crippen molar-refractivity contribution >= 4 is 17.0 Å². The molecule has 2 aromatic heterocycles. The zero-order valence-corrected chi connectivity index (χ0v) is 10.3. The Morgan fingerprint density at radius 1 is 1.31 bits per heavy atom. The summed E-state index contributed by atoms with van der Waals surface area (Å²) in [4.78, 5) is 14.3. The van der Waals surface area contributed by atoms with Crippen LogP contribution in [-0.2, 0) is 0 Å². The van der Waals surface area contributed by atoms with Gasteiger partial charge < -0.3 is 9.88 Å². The summed E-state index contributed by atoms with van der Waals surface area (Å²) in [7, 11) is 3.97. The van der Waals surface area contributed by atoms with Gasteiger partial charge in [-0.2, -0.15) is 0 Å². The van der Waals surface area contributed by atoms with E-state index in [4.69, 9.17) is 0 Å². The minimum absolute atomic E-state index is 0.456. The molecule has 0 bridgehead atoms. The summed E-state index contributed by atoms with van der Waals surface area (Å²) >= 11 is 0. The maximum atomic E-state index is 4.53. The van der Waals surface area contributed by atoms with Gasteiger partial charge in [0.2, 0.25) is 0 Å². The third-order valence-corrected chi connectivity index (χ3v) is 2.89. The lowest BCUT2D eigenvalue weighted by atomic mass is 10.1. The number of aromatic amines is 1. The van der Waals surface area contributed by atoms with E-state index in [0.29, 0.717) is 5.92 Å². The van der Waals surface area contributed by atoms with Gasteiger partial charge in [0.05, 0.1) is 5.52 Å². The molecule has 2 heterocycles. The second-order valence-corrected chi connectivity index (χ2v) is 4.37. The molecule has 0 amide bonds. The fourth-order valence-electron chi connectivity index (χ4n) is 1.58. The average molecular weight is 218 g/mol. The van der Waals surface area contributed by atoms with Crippen molar-refractivity contribution in [3.8, 4) is 0 Å². The highest BCUT2D eigenvalue weighted by atomic mass is 15.1. The minimum atomic E-state index is 0.456. The number of imidazole rings is 1. The molecule has 2 rings (SSSR count). The number of hydrogen-bond donors (Lipinski definition) is 1. The number of pyridine rings is 1. The second-order valence-electron chi connectivity index (χ2n) is 4.37. The lowest BCUT2D eigenvalue weighted by molar-refractivity contribution is 0.691. The number of rotatable bonds is 3. The highest BCUT2D eigenvalue weighted by Gasteiger charge is 2.10. The van der Waals surface area contributed by atoms with Crippen LogP contribution < -0.4 is 4.90 Å². The zero-order chi connectivity index (χ0) is 11.7. The van der Waals surface area contributed by atoms with E-state index in [1.807, 2.05) is 31.1 Å². The first-order chi connectivity index (χ1) is 7.61. The van der Waals surface area contributed by atoms with Crippen molar-refractivity contribution in [2.75, 3.05) is 19.0 Å². The molecule has 4 heteroatoms. The molecule has 0 radical (unpaired) electrons. The van der Waals surface area contributed by atoms with E-state index in [2.05, 4.69) is 28.8 Å². The Bertz CT molecular complexity index is 487. The molecule has 2 aromatic rings. The molecule has 1 N–H and O–H groups in total. The van der Waals surface area contributed by atoms with Gasteiger partial charge in [-0.25, -0.2) is 9.97 Å². The van der Waals surface area contributed by atoms with Crippen molar-refractivity contribution in [3.63, 3.8) is 0 Å². The number of fused-ring (bicyclic) bond motifs is 1. The lowest BCUT2D eigenvalue weighted by Crippen LogP contribution is -2.10. The number of H-pyrrole nitrogens is 1. The highest BCUT2D eigenvalue weighted by Crippen LogP contribution is 2.20. The summed E-state index contributed by atoms with van der Waals surface area (Å²) in [5.74, 6) is 2.42. The van der Waals surface area contributed by atoms with Gasteiger partial charge in [-0.1, -0.05) is 13.8 Å². The third kappa shape index (κ3) is 1.87. The monoisotopic (exact) mass is 218 g/mol. The summed E-state index contributed by atoms with van der Waals surface area (Å²) in [6.07, 6.45) is 1.08. The zero-order valence-electron chi connectivity index (χ0n) is 10.3. The van der Waals surface area contributed by atoms with Crippen LogP contribution in [0.5, 0.6) is 0 Å². The third-order valence-electron chi connectivity index (χ3n) is 2.89. The van der Waals surface area contributed by atoms with Gasteiger partial charge in [0, 0.05) is 20.0 Å². The van der Waals surface area contributed by atoms with E-state index in [0.717, 1.165) is 29.2 Å². The van der Waals surface area contributed by atoms with Gasteiger partial charge in [0.25, 0.3) is 0 Å². The molecule has 0 saturated heterocycles. The Morgan fingerprint density at radius 3 is 2.69 bits per heavy atom. The summed E-state index contributed by atoms with van der Waals surface area (Å²) in [5.41, 5.74) is 1.82. The Balaban J connectivity index is 2.46. The first kappa shape index (κ1) is 10.9. The normalized spacial score (nSPS) is 13.0. The number of anilines is 1. The number of aromatic nitrogens is 3. The van der Waals surface area contributed by atoms with Crippen molar-refractivity contribution in [2.45, 2.75) is 26.2 Å². The molecule has 16 heavy (non-hydrogen) atoms. The first-order valence-corrected chi connectivity index (χ1v) is 5.65. The maximum absolute atomic E-state index is 4.53. The molecular formula is C12H18N4. The summed E-state index contributed by atoms with van der Waals surface area (Å²) in [5, 5.41) is 0. The van der Waals surface area contributed by atoms with Crippen LogP contribution in [0.4, 0.5) is 5.82 Å². The van der Waals surface area contributed by atoms with Crippen LogP contribution in [0.2, 0.25) is 0 Å². The number of hydrogen-bond acceptors (Lipinski definition) is 3. The molecule has 0 aliphatic heterocycles. The Morgan fingerprint density at radius 2 is 2.06 bits per heavy atom. The van der Waals surface area contributed by atoms with Crippen LogP contribution in [0.15, 0.2) is 12.1 Å². The Labute approximate surface area is 95.7 Å². The number of nitrogens with zero attached hydrogens (tertiary/aromatic N) is 3. The van der Waals surface area contributed by atoms with Crippen LogP contribution in [0.25, 0.3) is 11.2 Å². The van der Waals surface area contributed by atoms with Gasteiger partial charge in [0.1, 0.15) is 11.6 Å². The molecule has 0 saturated carbocycles. The molecule has 1 unspecified atom stereocenters. The van der Waals surface area contributed by atoms with Gasteiger partial charge in [-0.3, -0.25) is 0 Å². The van der Waals surface area contributed by atoms with E-state index in [9.17, 15) is 0 Å². The van der Waals surface area contributed by atoms with Crippen LogP contribution in [-0.4, -0.2) is 29.0 Å². The van der Waals surface area contributed by atoms with Gasteiger partial charge in [-0.15, -0.1) is 0 Å². The molecule has 4 nitrogen and oxygen atoms in total. The largest absolute Gasteiger partial charge is 0.363 e. The quantitative estimate of drug-likeness (QED) is 0.861. The standard InChI is InChI=1S/C12H18N4/c1-5-8(2)11-13-9-6-7-10(16(3)4)14-12(9)15-11/h6-8H,5H2,1-4H3,(H,13,14,15). The summed E-state index contributed by atoms with van der Waals surface area (Å²) in [6, 6.07) is 4.04. The highest BCUT2D eigenvalue weighted by molar-refractivity contribution is 5.73. The van der Waals surface area contributed by atoms with E-state index < -0.39 is 0 Å². The van der Waals surface area contributed by atoms with Crippen molar-refractivity contribution in [2.24, 2.45) is 0 Å².